The second-order valence-electron chi connectivity index (χ2n) is 3.30. The number of aliphatic hydroxyl groups is 1. The smallest absolute Gasteiger partial charge is 0.248 e. The van der Waals surface area contributed by atoms with E-state index in [2.05, 4.69) is 0 Å². The molecule has 0 spiro atoms. The van der Waals surface area contributed by atoms with Gasteiger partial charge in [-0.25, -0.2) is 0 Å². The third-order valence-corrected chi connectivity index (χ3v) is 3.49. The van der Waals surface area contributed by atoms with E-state index in [4.69, 9.17) is 22.4 Å². The molecule has 3 N–H and O–H groups in total. The topological polar surface area (TPSA) is 63.3 Å². The molecule has 16 heavy (non-hydrogen) atoms. The first-order chi connectivity index (χ1) is 7.65. The second kappa shape index (κ2) is 6.78. The molecule has 0 radical (unpaired) electrons. The molecule has 0 aromatic heterocycles. The number of hydrogen-bond donors (Lipinski definition) is 2. The van der Waals surface area contributed by atoms with Gasteiger partial charge in [0, 0.05) is 22.9 Å². The van der Waals surface area contributed by atoms with Crippen molar-refractivity contribution in [2.75, 3.05) is 12.4 Å². The highest BCUT2D eigenvalue weighted by molar-refractivity contribution is 7.98. The normalized spacial score (nSPS) is 10.4. The lowest BCUT2D eigenvalue weighted by Crippen LogP contribution is -2.10. The van der Waals surface area contributed by atoms with Crippen LogP contribution in [0.3, 0.4) is 0 Å². The van der Waals surface area contributed by atoms with Crippen molar-refractivity contribution < 1.29 is 9.90 Å². The Morgan fingerprint density at radius 2 is 2.25 bits per heavy atom. The molecular weight excluding hydrogens is 246 g/mol. The van der Waals surface area contributed by atoms with Crippen LogP contribution in [-0.4, -0.2) is 23.4 Å². The minimum atomic E-state index is -0.471. The van der Waals surface area contributed by atoms with E-state index in [1.54, 1.807) is 23.9 Å². The Bertz CT molecular complexity index is 371. The van der Waals surface area contributed by atoms with Gasteiger partial charge in [0.15, 0.2) is 0 Å². The van der Waals surface area contributed by atoms with Gasteiger partial charge in [-0.3, -0.25) is 4.79 Å². The molecule has 1 aromatic rings. The van der Waals surface area contributed by atoms with Crippen molar-refractivity contribution in [1.82, 2.24) is 0 Å². The molecular formula is C11H14ClNO2S. The summed E-state index contributed by atoms with van der Waals surface area (Å²) in [4.78, 5) is 10.9. The van der Waals surface area contributed by atoms with E-state index in [1.165, 1.54) is 0 Å². The van der Waals surface area contributed by atoms with Crippen LogP contribution in [0.1, 0.15) is 22.3 Å². The van der Waals surface area contributed by atoms with Crippen LogP contribution in [0, 0.1) is 0 Å². The van der Waals surface area contributed by atoms with Crippen LogP contribution in [0.2, 0.25) is 5.02 Å². The van der Waals surface area contributed by atoms with Gasteiger partial charge in [-0.15, -0.1) is 0 Å². The Balaban J connectivity index is 2.57. The Hall–Kier alpha value is -0.710. The summed E-state index contributed by atoms with van der Waals surface area (Å²) in [6.07, 6.45) is 0.779. The maximum atomic E-state index is 10.9. The zero-order valence-electron chi connectivity index (χ0n) is 8.78. The van der Waals surface area contributed by atoms with E-state index in [-0.39, 0.29) is 6.61 Å². The SMILES string of the molecule is NC(=O)c1ccc(CSCCCO)c(Cl)c1. The van der Waals surface area contributed by atoms with Gasteiger partial charge in [0.1, 0.15) is 0 Å². The summed E-state index contributed by atoms with van der Waals surface area (Å²) in [6.45, 7) is 0.210. The molecule has 0 unspecified atom stereocenters. The molecule has 0 heterocycles. The van der Waals surface area contributed by atoms with E-state index in [0.29, 0.717) is 10.6 Å². The van der Waals surface area contributed by atoms with Crippen molar-refractivity contribution in [2.24, 2.45) is 5.73 Å². The van der Waals surface area contributed by atoms with Gasteiger partial charge in [0.25, 0.3) is 0 Å². The molecule has 0 bridgehead atoms. The van der Waals surface area contributed by atoms with Crippen LogP contribution in [0.15, 0.2) is 18.2 Å². The first-order valence-corrected chi connectivity index (χ1v) is 6.45. The van der Waals surface area contributed by atoms with E-state index < -0.39 is 5.91 Å². The Kier molecular flexibility index (Phi) is 5.66. The third kappa shape index (κ3) is 4.04. The van der Waals surface area contributed by atoms with Gasteiger partial charge in [0.2, 0.25) is 5.91 Å². The minimum absolute atomic E-state index is 0.210. The zero-order chi connectivity index (χ0) is 12.0. The predicted molar refractivity (Wildman–Crippen MR) is 67.8 cm³/mol. The molecule has 0 fully saturated rings. The monoisotopic (exact) mass is 259 g/mol. The van der Waals surface area contributed by atoms with Gasteiger partial charge in [-0.1, -0.05) is 17.7 Å². The number of hydrogen-bond acceptors (Lipinski definition) is 3. The summed E-state index contributed by atoms with van der Waals surface area (Å²) in [5.74, 6) is 1.20. The predicted octanol–water partition coefficient (Wildman–Crippen LogP) is 2.05. The molecule has 1 rings (SSSR count). The van der Waals surface area contributed by atoms with Crippen LogP contribution in [0.5, 0.6) is 0 Å². The number of benzene rings is 1. The van der Waals surface area contributed by atoms with Crippen LogP contribution >= 0.6 is 23.4 Å². The van der Waals surface area contributed by atoms with Gasteiger partial charge in [-0.05, 0) is 29.9 Å². The van der Waals surface area contributed by atoms with Crippen molar-refractivity contribution in [3.63, 3.8) is 0 Å². The lowest BCUT2D eigenvalue weighted by Gasteiger charge is -2.05. The van der Waals surface area contributed by atoms with Gasteiger partial charge >= 0.3 is 0 Å². The number of rotatable bonds is 6. The number of carbonyl (C=O) groups excluding carboxylic acids is 1. The van der Waals surface area contributed by atoms with Crippen molar-refractivity contribution in [3.8, 4) is 0 Å². The van der Waals surface area contributed by atoms with Crippen LogP contribution in [0.25, 0.3) is 0 Å². The number of aliphatic hydroxyl groups excluding tert-OH is 1. The summed E-state index contributed by atoms with van der Waals surface area (Å²) in [7, 11) is 0. The third-order valence-electron chi connectivity index (χ3n) is 2.04. The molecule has 1 aromatic carbocycles. The maximum Gasteiger partial charge on any atom is 0.248 e. The average molecular weight is 260 g/mol. The van der Waals surface area contributed by atoms with Crippen molar-refractivity contribution >= 4 is 29.3 Å². The molecule has 1 amide bonds. The molecule has 0 atom stereocenters. The molecule has 3 nitrogen and oxygen atoms in total. The first kappa shape index (κ1) is 13.4. The quantitative estimate of drug-likeness (QED) is 0.769. The summed E-state index contributed by atoms with van der Waals surface area (Å²) in [5, 5.41) is 9.19. The van der Waals surface area contributed by atoms with Gasteiger partial charge in [0.05, 0.1) is 0 Å². The number of carbonyl (C=O) groups is 1. The summed E-state index contributed by atoms with van der Waals surface area (Å²) in [6, 6.07) is 5.08. The molecule has 0 aliphatic carbocycles. The van der Waals surface area contributed by atoms with Gasteiger partial charge in [-0.2, -0.15) is 11.8 Å². The molecule has 88 valence electrons. The molecule has 0 aliphatic rings. The number of halogens is 1. The van der Waals surface area contributed by atoms with Crippen LogP contribution < -0.4 is 5.73 Å². The minimum Gasteiger partial charge on any atom is -0.396 e. The fourth-order valence-electron chi connectivity index (χ4n) is 1.17. The summed E-state index contributed by atoms with van der Waals surface area (Å²) in [5.41, 5.74) is 6.55. The van der Waals surface area contributed by atoms with Crippen LogP contribution in [0.4, 0.5) is 0 Å². The Morgan fingerprint density at radius 1 is 1.50 bits per heavy atom. The van der Waals surface area contributed by atoms with Crippen LogP contribution in [-0.2, 0) is 5.75 Å². The Morgan fingerprint density at radius 3 is 2.81 bits per heavy atom. The number of primary amides is 1. The summed E-state index contributed by atoms with van der Waals surface area (Å²) >= 11 is 7.71. The average Bonchev–Trinajstić information content (AvgIpc) is 2.26. The van der Waals surface area contributed by atoms with Crippen molar-refractivity contribution in [1.29, 1.82) is 0 Å². The van der Waals surface area contributed by atoms with E-state index >= 15 is 0 Å². The van der Waals surface area contributed by atoms with E-state index in [0.717, 1.165) is 23.5 Å². The van der Waals surface area contributed by atoms with Gasteiger partial charge < -0.3 is 10.8 Å². The second-order valence-corrected chi connectivity index (χ2v) is 4.81. The largest absolute Gasteiger partial charge is 0.396 e. The Labute approximate surface area is 104 Å². The molecule has 0 saturated heterocycles. The van der Waals surface area contributed by atoms with E-state index in [9.17, 15) is 4.79 Å². The standard InChI is InChI=1S/C11H14ClNO2S/c12-10-6-8(11(13)15)2-3-9(10)7-16-5-1-4-14/h2-3,6,14H,1,4-5,7H2,(H2,13,15). The van der Waals surface area contributed by atoms with Crippen molar-refractivity contribution in [3.05, 3.63) is 34.3 Å². The highest BCUT2D eigenvalue weighted by Crippen LogP contribution is 2.22. The molecule has 0 aliphatic heterocycles. The number of nitrogens with two attached hydrogens (primary N) is 1. The highest BCUT2D eigenvalue weighted by Gasteiger charge is 2.05. The fraction of sp³-hybridized carbons (Fsp3) is 0.364. The molecule has 5 heteroatoms. The number of amides is 1. The lowest BCUT2D eigenvalue weighted by atomic mass is 10.1. The molecule has 0 saturated carbocycles. The highest BCUT2D eigenvalue weighted by atomic mass is 35.5. The first-order valence-electron chi connectivity index (χ1n) is 4.92. The fourth-order valence-corrected chi connectivity index (χ4v) is 2.44. The number of thioether (sulfide) groups is 1. The zero-order valence-corrected chi connectivity index (χ0v) is 10.4. The maximum absolute atomic E-state index is 10.9. The lowest BCUT2D eigenvalue weighted by molar-refractivity contribution is 0.100. The summed E-state index contributed by atoms with van der Waals surface area (Å²) < 4.78 is 0. The van der Waals surface area contributed by atoms with Crippen molar-refractivity contribution in [2.45, 2.75) is 12.2 Å². The van der Waals surface area contributed by atoms with E-state index in [1.807, 2.05) is 6.07 Å².